The maximum atomic E-state index is 11.2. The molecule has 10 heavy (non-hydrogen) atoms. The van der Waals surface area contributed by atoms with E-state index in [-0.39, 0.29) is 0 Å². The molecule has 0 radical (unpaired) electrons. The molecule has 0 bridgehead atoms. The van der Waals surface area contributed by atoms with E-state index < -0.39 is 0 Å². The number of hydrogen-bond acceptors (Lipinski definition) is 1. The van der Waals surface area contributed by atoms with E-state index in [0.717, 1.165) is 24.8 Å². The van der Waals surface area contributed by atoms with Gasteiger partial charge >= 0.3 is 0 Å². The Kier molecular flexibility index (Phi) is 2.89. The summed E-state index contributed by atoms with van der Waals surface area (Å²) < 4.78 is 0.394. The fourth-order valence-corrected chi connectivity index (χ4v) is 1.76. The Bertz CT molecular complexity index is 170. The van der Waals surface area contributed by atoms with E-state index in [1.165, 1.54) is 0 Å². The minimum Gasteiger partial charge on any atom is -0.295 e. The Hall–Kier alpha value is 0.140. The standard InChI is InChI=1S/C8H11IO/c1-6(9)7-4-2-3-5-8(7)10/h4,6H,2-3,5H2,1H3. The molecule has 1 aliphatic carbocycles. The Morgan fingerprint density at radius 2 is 2.40 bits per heavy atom. The molecule has 0 amide bonds. The number of allylic oxidation sites excluding steroid dienone is 2. The molecule has 1 aliphatic rings. The number of hydrogen-bond donors (Lipinski definition) is 0. The van der Waals surface area contributed by atoms with Crippen molar-refractivity contribution in [2.75, 3.05) is 0 Å². The lowest BCUT2D eigenvalue weighted by Crippen LogP contribution is -2.12. The average Bonchev–Trinajstić information content (AvgIpc) is 1.88. The van der Waals surface area contributed by atoms with Gasteiger partial charge in [0.2, 0.25) is 0 Å². The minimum atomic E-state index is 0.355. The SMILES string of the molecule is CC(I)C1=CCCCC1=O. The van der Waals surface area contributed by atoms with E-state index in [1.54, 1.807) is 0 Å². The first-order valence-corrected chi connectivity index (χ1v) is 4.83. The molecule has 1 atom stereocenters. The molecule has 0 spiro atoms. The number of rotatable bonds is 1. The number of Topliss-reactive ketones (excluding diaryl/α,β-unsaturated/α-hetero) is 1. The van der Waals surface area contributed by atoms with Gasteiger partial charge in [-0.3, -0.25) is 4.79 Å². The molecular weight excluding hydrogens is 239 g/mol. The fraction of sp³-hybridized carbons (Fsp3) is 0.625. The molecule has 0 fully saturated rings. The van der Waals surface area contributed by atoms with E-state index >= 15 is 0 Å². The van der Waals surface area contributed by atoms with Crippen LogP contribution < -0.4 is 0 Å². The molecule has 0 aromatic carbocycles. The summed E-state index contributed by atoms with van der Waals surface area (Å²) in [5, 5.41) is 0. The zero-order valence-electron chi connectivity index (χ0n) is 6.06. The van der Waals surface area contributed by atoms with E-state index in [9.17, 15) is 4.79 Å². The van der Waals surface area contributed by atoms with Crippen LogP contribution in [0, 0.1) is 0 Å². The third kappa shape index (κ3) is 1.81. The second kappa shape index (κ2) is 3.51. The lowest BCUT2D eigenvalue weighted by molar-refractivity contribution is -0.116. The van der Waals surface area contributed by atoms with Gasteiger partial charge in [-0.1, -0.05) is 28.7 Å². The van der Waals surface area contributed by atoms with E-state index in [4.69, 9.17) is 0 Å². The number of carbonyl (C=O) groups is 1. The van der Waals surface area contributed by atoms with Gasteiger partial charge in [-0.15, -0.1) is 0 Å². The fourth-order valence-electron chi connectivity index (χ4n) is 1.16. The highest BCUT2D eigenvalue weighted by molar-refractivity contribution is 14.1. The van der Waals surface area contributed by atoms with E-state index in [2.05, 4.69) is 35.6 Å². The van der Waals surface area contributed by atoms with Gasteiger partial charge in [0.05, 0.1) is 0 Å². The van der Waals surface area contributed by atoms with Crippen LogP contribution in [0.3, 0.4) is 0 Å². The van der Waals surface area contributed by atoms with Crippen LogP contribution in [-0.2, 0) is 4.79 Å². The van der Waals surface area contributed by atoms with Crippen molar-refractivity contribution in [1.82, 2.24) is 0 Å². The van der Waals surface area contributed by atoms with Gasteiger partial charge in [0.25, 0.3) is 0 Å². The highest BCUT2D eigenvalue weighted by Gasteiger charge is 2.16. The van der Waals surface area contributed by atoms with Crippen LogP contribution in [0.4, 0.5) is 0 Å². The van der Waals surface area contributed by atoms with Gasteiger partial charge in [-0.05, 0) is 19.8 Å². The second-order valence-electron chi connectivity index (χ2n) is 2.59. The van der Waals surface area contributed by atoms with E-state index in [0.29, 0.717) is 9.71 Å². The molecule has 0 saturated carbocycles. The van der Waals surface area contributed by atoms with Gasteiger partial charge in [0.15, 0.2) is 5.78 Å². The van der Waals surface area contributed by atoms with Crippen LogP contribution in [-0.4, -0.2) is 9.71 Å². The van der Waals surface area contributed by atoms with Crippen molar-refractivity contribution in [3.8, 4) is 0 Å². The molecule has 1 unspecified atom stereocenters. The maximum Gasteiger partial charge on any atom is 0.159 e. The van der Waals surface area contributed by atoms with Gasteiger partial charge in [-0.2, -0.15) is 0 Å². The molecule has 0 aromatic rings. The summed E-state index contributed by atoms with van der Waals surface area (Å²) >= 11 is 2.29. The molecule has 2 heteroatoms. The summed E-state index contributed by atoms with van der Waals surface area (Å²) in [6, 6.07) is 0. The average molecular weight is 250 g/mol. The summed E-state index contributed by atoms with van der Waals surface area (Å²) in [7, 11) is 0. The van der Waals surface area contributed by atoms with Crippen LogP contribution >= 0.6 is 22.6 Å². The zero-order chi connectivity index (χ0) is 7.56. The third-order valence-electron chi connectivity index (χ3n) is 1.72. The number of carbonyl (C=O) groups excluding carboxylic acids is 1. The van der Waals surface area contributed by atoms with Crippen molar-refractivity contribution in [2.24, 2.45) is 0 Å². The zero-order valence-corrected chi connectivity index (χ0v) is 8.22. The summed E-state index contributed by atoms with van der Waals surface area (Å²) in [6.45, 7) is 2.07. The smallest absolute Gasteiger partial charge is 0.159 e. The monoisotopic (exact) mass is 250 g/mol. The Balaban J connectivity index is 2.71. The summed E-state index contributed by atoms with van der Waals surface area (Å²) in [6.07, 6.45) is 4.99. The highest BCUT2D eigenvalue weighted by Crippen LogP contribution is 2.21. The summed E-state index contributed by atoms with van der Waals surface area (Å²) in [4.78, 5) is 11.2. The quantitative estimate of drug-likeness (QED) is 0.516. The Labute approximate surface area is 75.0 Å². The molecule has 1 nitrogen and oxygen atoms in total. The van der Waals surface area contributed by atoms with Gasteiger partial charge < -0.3 is 0 Å². The molecule has 0 saturated heterocycles. The van der Waals surface area contributed by atoms with Crippen LogP contribution in [0.5, 0.6) is 0 Å². The topological polar surface area (TPSA) is 17.1 Å². The van der Waals surface area contributed by atoms with Crippen LogP contribution in [0.2, 0.25) is 0 Å². The van der Waals surface area contributed by atoms with Crippen molar-refractivity contribution >= 4 is 28.4 Å². The van der Waals surface area contributed by atoms with Gasteiger partial charge in [0.1, 0.15) is 0 Å². The lowest BCUT2D eigenvalue weighted by Gasteiger charge is -2.12. The van der Waals surface area contributed by atoms with Crippen molar-refractivity contribution in [2.45, 2.75) is 30.1 Å². The highest BCUT2D eigenvalue weighted by atomic mass is 127. The van der Waals surface area contributed by atoms with Crippen LogP contribution in [0.15, 0.2) is 11.6 Å². The minimum absolute atomic E-state index is 0.355. The lowest BCUT2D eigenvalue weighted by atomic mass is 9.96. The van der Waals surface area contributed by atoms with Crippen molar-refractivity contribution in [1.29, 1.82) is 0 Å². The first kappa shape index (κ1) is 8.24. The largest absolute Gasteiger partial charge is 0.295 e. The van der Waals surface area contributed by atoms with Crippen molar-refractivity contribution in [3.63, 3.8) is 0 Å². The number of ketones is 1. The molecule has 0 N–H and O–H groups in total. The van der Waals surface area contributed by atoms with Crippen molar-refractivity contribution in [3.05, 3.63) is 11.6 Å². The Morgan fingerprint density at radius 1 is 1.70 bits per heavy atom. The molecular formula is C8H11IO. The molecule has 56 valence electrons. The normalized spacial score (nSPS) is 22.2. The molecule has 1 rings (SSSR count). The third-order valence-corrected chi connectivity index (χ3v) is 2.39. The van der Waals surface area contributed by atoms with E-state index in [1.807, 2.05) is 0 Å². The van der Waals surface area contributed by atoms with Crippen LogP contribution in [0.1, 0.15) is 26.2 Å². The predicted molar refractivity (Wildman–Crippen MR) is 50.4 cm³/mol. The molecule has 0 aromatic heterocycles. The summed E-state index contributed by atoms with van der Waals surface area (Å²) in [5.74, 6) is 0.355. The Morgan fingerprint density at radius 3 is 2.80 bits per heavy atom. The number of alkyl halides is 1. The number of halogens is 1. The second-order valence-corrected chi connectivity index (χ2v) is 4.46. The first-order chi connectivity index (χ1) is 4.72. The van der Waals surface area contributed by atoms with Crippen molar-refractivity contribution < 1.29 is 4.79 Å². The summed E-state index contributed by atoms with van der Waals surface area (Å²) in [5.41, 5.74) is 1.03. The molecule has 0 heterocycles. The van der Waals surface area contributed by atoms with Gasteiger partial charge in [-0.25, -0.2) is 0 Å². The molecule has 0 aliphatic heterocycles. The predicted octanol–water partition coefficient (Wildman–Crippen LogP) is 2.49. The maximum absolute atomic E-state index is 11.2. The first-order valence-electron chi connectivity index (χ1n) is 3.59. The van der Waals surface area contributed by atoms with Gasteiger partial charge in [0, 0.05) is 15.9 Å². The van der Waals surface area contributed by atoms with Crippen LogP contribution in [0.25, 0.3) is 0 Å².